The van der Waals surface area contributed by atoms with Gasteiger partial charge in [0.25, 0.3) is 5.91 Å². The number of ether oxygens (including phenoxy) is 2. The first kappa shape index (κ1) is 19.7. The number of nitrogens with zero attached hydrogens (tertiary/aromatic N) is 1. The van der Waals surface area contributed by atoms with Gasteiger partial charge in [0.2, 0.25) is 0 Å². The topological polar surface area (TPSA) is 85.1 Å². The van der Waals surface area contributed by atoms with Crippen molar-refractivity contribution >= 4 is 11.6 Å². The van der Waals surface area contributed by atoms with Crippen LogP contribution in [0.3, 0.4) is 0 Å². The summed E-state index contributed by atoms with van der Waals surface area (Å²) in [6, 6.07) is 9.70. The molecule has 4 rings (SSSR count). The molecule has 1 amide bonds. The number of pyridine rings is 1. The molecule has 2 saturated heterocycles. The van der Waals surface area contributed by atoms with Crippen LogP contribution in [0.4, 0.5) is 5.69 Å². The highest BCUT2D eigenvalue weighted by Crippen LogP contribution is 2.38. The smallest absolute Gasteiger partial charge is 0.279 e. The van der Waals surface area contributed by atoms with E-state index in [0.717, 1.165) is 18.4 Å². The first-order valence-corrected chi connectivity index (χ1v) is 10.0. The van der Waals surface area contributed by atoms with Crippen LogP contribution in [0.25, 0.3) is 0 Å². The molecule has 2 unspecified atom stereocenters. The van der Waals surface area contributed by atoms with Crippen molar-refractivity contribution in [2.75, 3.05) is 26.1 Å². The lowest BCUT2D eigenvalue weighted by Crippen LogP contribution is -3.19. The van der Waals surface area contributed by atoms with Gasteiger partial charge in [-0.3, -0.25) is 9.78 Å². The first-order valence-electron chi connectivity index (χ1n) is 10.0. The molecule has 7 heteroatoms. The molecule has 2 aliphatic heterocycles. The van der Waals surface area contributed by atoms with Gasteiger partial charge in [-0.15, -0.1) is 0 Å². The van der Waals surface area contributed by atoms with Crippen LogP contribution < -0.4 is 19.7 Å². The number of aliphatic hydroxyl groups is 1. The standard InChI is InChI=1S/C22H27N3O4/c1-28-19-8-5-16(10-20(19)29-2)24-21(26)14-25-17-6-7-18(25)12-22(27,11-17)15-4-3-9-23-13-15/h3-5,8-10,13,17-18,27H,6-7,11-12,14H2,1-2H3,(H,24,26)/p+1/t17-,18+,22?. The predicted molar refractivity (Wildman–Crippen MR) is 108 cm³/mol. The third-order valence-corrected chi connectivity index (χ3v) is 6.31. The Morgan fingerprint density at radius 2 is 1.93 bits per heavy atom. The lowest BCUT2D eigenvalue weighted by molar-refractivity contribution is -0.936. The highest BCUT2D eigenvalue weighted by atomic mass is 16.5. The van der Waals surface area contributed by atoms with Gasteiger partial charge in [0, 0.05) is 55.4 Å². The molecule has 2 aliphatic rings. The monoisotopic (exact) mass is 398 g/mol. The molecule has 29 heavy (non-hydrogen) atoms. The number of carbonyl (C=O) groups excluding carboxylic acids is 1. The maximum Gasteiger partial charge on any atom is 0.279 e. The zero-order valence-electron chi connectivity index (χ0n) is 16.9. The van der Waals surface area contributed by atoms with E-state index < -0.39 is 5.60 Å². The fourth-order valence-electron chi connectivity index (χ4n) is 4.94. The van der Waals surface area contributed by atoms with Gasteiger partial charge in [-0.1, -0.05) is 6.07 Å². The van der Waals surface area contributed by atoms with E-state index in [1.807, 2.05) is 12.1 Å². The number of rotatable bonds is 6. The molecule has 4 atom stereocenters. The number of hydrogen-bond acceptors (Lipinski definition) is 5. The average Bonchev–Trinajstić information content (AvgIpc) is 2.97. The zero-order chi connectivity index (χ0) is 20.4. The van der Waals surface area contributed by atoms with E-state index >= 15 is 0 Å². The average molecular weight is 398 g/mol. The Kier molecular flexibility index (Phi) is 5.43. The van der Waals surface area contributed by atoms with Crippen LogP contribution in [0.15, 0.2) is 42.7 Å². The second-order valence-corrected chi connectivity index (χ2v) is 8.02. The van der Waals surface area contributed by atoms with Crippen molar-refractivity contribution in [3.8, 4) is 11.5 Å². The van der Waals surface area contributed by atoms with Gasteiger partial charge >= 0.3 is 0 Å². The molecule has 0 spiro atoms. The summed E-state index contributed by atoms with van der Waals surface area (Å²) in [6.07, 6.45) is 6.87. The highest BCUT2D eigenvalue weighted by molar-refractivity contribution is 5.91. The van der Waals surface area contributed by atoms with E-state index in [4.69, 9.17) is 9.47 Å². The molecule has 0 saturated carbocycles. The van der Waals surface area contributed by atoms with Gasteiger partial charge in [0.05, 0.1) is 26.3 Å². The fourth-order valence-corrected chi connectivity index (χ4v) is 4.94. The van der Waals surface area contributed by atoms with Crippen molar-refractivity contribution in [2.45, 2.75) is 43.4 Å². The van der Waals surface area contributed by atoms with Gasteiger partial charge in [-0.2, -0.15) is 0 Å². The maximum atomic E-state index is 12.7. The maximum absolute atomic E-state index is 12.7. The van der Waals surface area contributed by atoms with Crippen LogP contribution >= 0.6 is 0 Å². The van der Waals surface area contributed by atoms with Gasteiger partial charge in [0.15, 0.2) is 18.0 Å². The van der Waals surface area contributed by atoms with Crippen LogP contribution in [-0.2, 0) is 10.4 Å². The summed E-state index contributed by atoms with van der Waals surface area (Å²) in [7, 11) is 3.15. The number of nitrogens with one attached hydrogen (secondary N) is 2. The molecular formula is C22H28N3O4+. The van der Waals surface area contributed by atoms with Crippen molar-refractivity contribution < 1.29 is 24.3 Å². The minimum atomic E-state index is -0.844. The lowest BCUT2D eigenvalue weighted by Gasteiger charge is -2.41. The molecule has 0 aliphatic carbocycles. The molecule has 1 aromatic carbocycles. The number of piperidine rings is 1. The number of methoxy groups -OCH3 is 2. The summed E-state index contributed by atoms with van der Waals surface area (Å²) >= 11 is 0. The number of benzene rings is 1. The van der Waals surface area contributed by atoms with Gasteiger partial charge < -0.3 is 24.8 Å². The van der Waals surface area contributed by atoms with Crippen LogP contribution in [-0.4, -0.2) is 48.8 Å². The van der Waals surface area contributed by atoms with Gasteiger partial charge in [0.1, 0.15) is 5.60 Å². The summed E-state index contributed by atoms with van der Waals surface area (Å²) in [5, 5.41) is 14.2. The predicted octanol–water partition coefficient (Wildman–Crippen LogP) is 1.13. The van der Waals surface area contributed by atoms with Crippen molar-refractivity contribution in [1.82, 2.24) is 4.98 Å². The number of hydrogen-bond donors (Lipinski definition) is 3. The lowest BCUT2D eigenvalue weighted by atomic mass is 9.81. The minimum Gasteiger partial charge on any atom is -0.493 e. The number of fused-ring (bicyclic) bond motifs is 2. The van der Waals surface area contributed by atoms with E-state index in [1.165, 1.54) is 4.90 Å². The van der Waals surface area contributed by atoms with Crippen molar-refractivity contribution in [2.24, 2.45) is 0 Å². The molecule has 154 valence electrons. The van der Waals surface area contributed by atoms with E-state index in [9.17, 15) is 9.90 Å². The summed E-state index contributed by atoms with van der Waals surface area (Å²) in [5.74, 6) is 1.17. The number of anilines is 1. The normalized spacial score (nSPS) is 28.0. The molecule has 2 fully saturated rings. The zero-order valence-corrected chi connectivity index (χ0v) is 16.9. The third kappa shape index (κ3) is 3.93. The molecule has 7 nitrogen and oxygen atoms in total. The molecule has 3 heterocycles. The summed E-state index contributed by atoms with van der Waals surface area (Å²) in [4.78, 5) is 18.1. The SMILES string of the molecule is COc1ccc(NC(=O)C[NH+]2[C@@H]3CC[C@H]2CC(O)(c2cccnc2)C3)cc1OC. The molecular weight excluding hydrogens is 370 g/mol. The Balaban J connectivity index is 1.41. The van der Waals surface area contributed by atoms with Crippen molar-refractivity contribution in [3.05, 3.63) is 48.3 Å². The fraction of sp³-hybridized carbons (Fsp3) is 0.455. The van der Waals surface area contributed by atoms with Gasteiger partial charge in [-0.25, -0.2) is 0 Å². The number of quaternary nitrogens is 1. The highest BCUT2D eigenvalue weighted by Gasteiger charge is 2.52. The van der Waals surface area contributed by atoms with Crippen molar-refractivity contribution in [3.63, 3.8) is 0 Å². The summed E-state index contributed by atoms with van der Waals surface area (Å²) in [6.45, 7) is 0.396. The van der Waals surface area contributed by atoms with E-state index in [0.29, 0.717) is 36.6 Å². The van der Waals surface area contributed by atoms with E-state index in [-0.39, 0.29) is 18.0 Å². The molecule has 0 radical (unpaired) electrons. The quantitative estimate of drug-likeness (QED) is 0.679. The molecule has 2 aromatic rings. The van der Waals surface area contributed by atoms with Crippen LogP contribution in [0.1, 0.15) is 31.2 Å². The van der Waals surface area contributed by atoms with Crippen LogP contribution in [0.5, 0.6) is 11.5 Å². The van der Waals surface area contributed by atoms with E-state index in [2.05, 4.69) is 10.3 Å². The Morgan fingerprint density at radius 3 is 2.55 bits per heavy atom. The second-order valence-electron chi connectivity index (χ2n) is 8.02. The molecule has 3 N–H and O–H groups in total. The number of amides is 1. The Morgan fingerprint density at radius 1 is 1.21 bits per heavy atom. The second kappa shape index (κ2) is 8.00. The van der Waals surface area contributed by atoms with Crippen LogP contribution in [0.2, 0.25) is 0 Å². The van der Waals surface area contributed by atoms with Gasteiger partial charge in [-0.05, 0) is 18.2 Å². The number of carbonyl (C=O) groups is 1. The first-order chi connectivity index (χ1) is 14.0. The Labute approximate surface area is 170 Å². The Bertz CT molecular complexity index is 860. The number of aromatic nitrogens is 1. The molecule has 1 aromatic heterocycles. The van der Waals surface area contributed by atoms with E-state index in [1.54, 1.807) is 44.8 Å². The Hall–Kier alpha value is -2.64. The van der Waals surface area contributed by atoms with Crippen LogP contribution in [0, 0.1) is 0 Å². The summed E-state index contributed by atoms with van der Waals surface area (Å²) < 4.78 is 10.5. The minimum absolute atomic E-state index is 0.0315. The third-order valence-electron chi connectivity index (χ3n) is 6.31. The summed E-state index contributed by atoms with van der Waals surface area (Å²) in [5.41, 5.74) is 0.720. The largest absolute Gasteiger partial charge is 0.493 e. The molecule has 2 bridgehead atoms. The van der Waals surface area contributed by atoms with Crippen molar-refractivity contribution in [1.29, 1.82) is 0 Å².